The Bertz CT molecular complexity index is 1170. The average molecular weight is 397 g/mol. The highest BCUT2D eigenvalue weighted by Gasteiger charge is 2.18. The number of H-pyrrole nitrogens is 1. The molecule has 0 amide bonds. The van der Waals surface area contributed by atoms with Crippen LogP contribution in [0.25, 0.3) is 32.9 Å². The van der Waals surface area contributed by atoms with E-state index in [2.05, 4.69) is 47.4 Å². The van der Waals surface area contributed by atoms with Crippen molar-refractivity contribution in [1.29, 1.82) is 0 Å². The van der Waals surface area contributed by atoms with E-state index in [1.54, 1.807) is 5.56 Å². The highest BCUT2D eigenvalue weighted by molar-refractivity contribution is 6.14. The van der Waals surface area contributed by atoms with E-state index in [9.17, 15) is 0 Å². The number of nitrogens with two attached hydrogens (primary N) is 1. The number of aryl methyl sites for hydroxylation is 2. The maximum atomic E-state index is 6.44. The molecule has 0 saturated heterocycles. The number of rotatable bonds is 1. The number of nitrogen functional groups attached to an aromatic ring is 1. The summed E-state index contributed by atoms with van der Waals surface area (Å²) in [6.07, 6.45) is 13.2. The summed E-state index contributed by atoms with van der Waals surface area (Å²) < 4.78 is 0. The number of aromatic amines is 1. The molecule has 0 bridgehead atoms. The summed E-state index contributed by atoms with van der Waals surface area (Å²) in [5.74, 6) is 0. The van der Waals surface area contributed by atoms with Crippen molar-refractivity contribution in [3.8, 4) is 11.1 Å². The lowest BCUT2D eigenvalue weighted by atomic mass is 9.88. The second-order valence-corrected chi connectivity index (χ2v) is 8.90. The molecule has 1 aliphatic carbocycles. The summed E-state index contributed by atoms with van der Waals surface area (Å²) in [5.41, 5.74) is 15.3. The van der Waals surface area contributed by atoms with Gasteiger partial charge in [-0.15, -0.1) is 0 Å². The summed E-state index contributed by atoms with van der Waals surface area (Å²) in [6, 6.07) is 19.5. The van der Waals surface area contributed by atoms with Gasteiger partial charge >= 0.3 is 0 Å². The van der Waals surface area contributed by atoms with Gasteiger partial charge in [0.1, 0.15) is 0 Å². The molecule has 0 spiro atoms. The molecule has 5 rings (SSSR count). The molecule has 0 atom stereocenters. The van der Waals surface area contributed by atoms with Crippen LogP contribution in [0.3, 0.4) is 0 Å². The van der Waals surface area contributed by atoms with Crippen LogP contribution < -0.4 is 5.73 Å². The lowest BCUT2D eigenvalue weighted by Gasteiger charge is -2.17. The molecule has 0 unspecified atom stereocenters. The van der Waals surface area contributed by atoms with Crippen molar-refractivity contribution in [2.24, 2.45) is 0 Å². The zero-order valence-electron chi connectivity index (χ0n) is 17.8. The molecule has 0 fully saturated rings. The minimum absolute atomic E-state index is 0.852. The molecule has 0 saturated carbocycles. The summed E-state index contributed by atoms with van der Waals surface area (Å²) in [6.45, 7) is 0. The van der Waals surface area contributed by atoms with E-state index in [0.717, 1.165) is 11.3 Å². The topological polar surface area (TPSA) is 41.8 Å². The first-order chi connectivity index (χ1) is 14.8. The van der Waals surface area contributed by atoms with Crippen molar-refractivity contribution in [3.05, 3.63) is 65.7 Å². The van der Waals surface area contributed by atoms with Crippen molar-refractivity contribution in [1.82, 2.24) is 4.98 Å². The largest absolute Gasteiger partial charge is 0.398 e. The highest BCUT2D eigenvalue weighted by Crippen LogP contribution is 2.40. The van der Waals surface area contributed by atoms with Crippen LogP contribution in [-0.2, 0) is 12.8 Å². The van der Waals surface area contributed by atoms with Gasteiger partial charge < -0.3 is 10.7 Å². The first-order valence-corrected chi connectivity index (χ1v) is 11.7. The van der Waals surface area contributed by atoms with Crippen LogP contribution in [0.5, 0.6) is 0 Å². The lowest BCUT2D eigenvalue weighted by Crippen LogP contribution is -2.00. The minimum atomic E-state index is 0.852. The van der Waals surface area contributed by atoms with E-state index >= 15 is 0 Å². The van der Waals surface area contributed by atoms with Crippen molar-refractivity contribution < 1.29 is 0 Å². The molecule has 0 radical (unpaired) electrons. The quantitative estimate of drug-likeness (QED) is 0.317. The molecule has 30 heavy (non-hydrogen) atoms. The normalized spacial score (nSPS) is 16.1. The van der Waals surface area contributed by atoms with Gasteiger partial charge in [-0.1, -0.05) is 74.9 Å². The number of hydrogen-bond donors (Lipinski definition) is 2. The molecular weight excluding hydrogens is 364 g/mol. The fourth-order valence-corrected chi connectivity index (χ4v) is 5.29. The third-order valence-electron chi connectivity index (χ3n) is 6.86. The summed E-state index contributed by atoms with van der Waals surface area (Å²) in [4.78, 5) is 3.75. The standard InChI is InChI=1S/C28H32N2/c29-25-17-11-9-15-22(25)24-19-20-13-7-5-3-1-2-4-6-8-14-21(20)27-23-16-10-12-18-26(23)30-28(24)27/h9-12,15-19,30H,1-8,13-14,29H2. The summed E-state index contributed by atoms with van der Waals surface area (Å²) in [7, 11) is 0. The van der Waals surface area contributed by atoms with E-state index in [1.165, 1.54) is 97.1 Å². The van der Waals surface area contributed by atoms with E-state index in [0.29, 0.717) is 0 Å². The third-order valence-corrected chi connectivity index (χ3v) is 6.86. The lowest BCUT2D eigenvalue weighted by molar-refractivity contribution is 0.560. The van der Waals surface area contributed by atoms with Crippen LogP contribution in [0.15, 0.2) is 54.6 Å². The van der Waals surface area contributed by atoms with E-state index < -0.39 is 0 Å². The number of benzene rings is 3. The Balaban J connectivity index is 1.77. The zero-order valence-corrected chi connectivity index (χ0v) is 17.8. The Kier molecular flexibility index (Phi) is 5.48. The number of para-hydroxylation sites is 2. The van der Waals surface area contributed by atoms with Crippen molar-refractivity contribution in [3.63, 3.8) is 0 Å². The number of anilines is 1. The SMILES string of the molecule is Nc1ccccc1-c1cc2c(c3c1[nH]c1ccccc13)CCCCCCCCCC2. The Hall–Kier alpha value is -2.74. The van der Waals surface area contributed by atoms with E-state index in [1.807, 2.05) is 12.1 Å². The summed E-state index contributed by atoms with van der Waals surface area (Å²) >= 11 is 0. The van der Waals surface area contributed by atoms with Gasteiger partial charge in [0.05, 0.1) is 5.52 Å². The monoisotopic (exact) mass is 396 g/mol. The van der Waals surface area contributed by atoms with Crippen LogP contribution in [-0.4, -0.2) is 4.98 Å². The third kappa shape index (κ3) is 3.60. The van der Waals surface area contributed by atoms with Crippen molar-refractivity contribution in [2.75, 3.05) is 5.73 Å². The first kappa shape index (κ1) is 19.2. The van der Waals surface area contributed by atoms with E-state index in [4.69, 9.17) is 5.73 Å². The molecule has 2 nitrogen and oxygen atoms in total. The molecule has 154 valence electrons. The van der Waals surface area contributed by atoms with Gasteiger partial charge in [-0.25, -0.2) is 0 Å². The smallest absolute Gasteiger partial charge is 0.0548 e. The van der Waals surface area contributed by atoms with Crippen molar-refractivity contribution >= 4 is 27.5 Å². The predicted molar refractivity (Wildman–Crippen MR) is 130 cm³/mol. The van der Waals surface area contributed by atoms with Gasteiger partial charge in [0.15, 0.2) is 0 Å². The second kappa shape index (κ2) is 8.55. The molecule has 1 aromatic heterocycles. The van der Waals surface area contributed by atoms with Crippen LogP contribution in [0.2, 0.25) is 0 Å². The Morgan fingerprint density at radius 3 is 2.13 bits per heavy atom. The first-order valence-electron chi connectivity index (χ1n) is 11.7. The predicted octanol–water partition coefficient (Wildman–Crippen LogP) is 7.79. The van der Waals surface area contributed by atoms with Crippen molar-refractivity contribution in [2.45, 2.75) is 64.2 Å². The zero-order chi connectivity index (χ0) is 20.3. The molecule has 4 aromatic rings. The molecule has 0 aliphatic heterocycles. The van der Waals surface area contributed by atoms with Crippen LogP contribution in [0, 0.1) is 0 Å². The van der Waals surface area contributed by atoms with Crippen LogP contribution in [0.4, 0.5) is 5.69 Å². The van der Waals surface area contributed by atoms with Gasteiger partial charge in [-0.3, -0.25) is 0 Å². The Morgan fingerprint density at radius 2 is 1.33 bits per heavy atom. The Morgan fingerprint density at radius 1 is 0.667 bits per heavy atom. The van der Waals surface area contributed by atoms with Gasteiger partial charge in [0.25, 0.3) is 0 Å². The van der Waals surface area contributed by atoms with E-state index in [-0.39, 0.29) is 0 Å². The minimum Gasteiger partial charge on any atom is -0.398 e. The van der Waals surface area contributed by atoms with Gasteiger partial charge in [0, 0.05) is 33.1 Å². The summed E-state index contributed by atoms with van der Waals surface area (Å²) in [5, 5.41) is 2.78. The second-order valence-electron chi connectivity index (χ2n) is 8.90. The molecule has 3 aromatic carbocycles. The number of fused-ring (bicyclic) bond motifs is 5. The molecule has 3 N–H and O–H groups in total. The van der Waals surface area contributed by atoms with Gasteiger partial charge in [0.2, 0.25) is 0 Å². The average Bonchev–Trinajstić information content (AvgIpc) is 3.14. The fraction of sp³-hybridized carbons (Fsp3) is 0.357. The highest BCUT2D eigenvalue weighted by atomic mass is 14.7. The number of hydrogen-bond acceptors (Lipinski definition) is 1. The number of aromatic nitrogens is 1. The van der Waals surface area contributed by atoms with Gasteiger partial charge in [-0.05, 0) is 55.0 Å². The molecule has 2 heteroatoms. The maximum Gasteiger partial charge on any atom is 0.0548 e. The number of nitrogens with one attached hydrogen (secondary N) is 1. The molecule has 1 heterocycles. The Labute approximate surface area is 179 Å². The van der Waals surface area contributed by atoms with Gasteiger partial charge in [-0.2, -0.15) is 0 Å². The van der Waals surface area contributed by atoms with Crippen LogP contribution in [0.1, 0.15) is 62.5 Å². The molecule has 1 aliphatic rings. The maximum absolute atomic E-state index is 6.44. The fourth-order valence-electron chi connectivity index (χ4n) is 5.29. The van der Waals surface area contributed by atoms with Crippen LogP contribution >= 0.6 is 0 Å². The molecular formula is C28H32N2.